The van der Waals surface area contributed by atoms with Gasteiger partial charge in [0.15, 0.2) is 0 Å². The molecule has 4 nitrogen and oxygen atoms in total. The molecule has 4 rings (SSSR count). The lowest BCUT2D eigenvalue weighted by Crippen LogP contribution is -2.29. The zero-order valence-corrected chi connectivity index (χ0v) is 15.6. The minimum atomic E-state index is -0.0483. The van der Waals surface area contributed by atoms with Crippen molar-refractivity contribution in [3.63, 3.8) is 0 Å². The number of anilines is 3. The predicted molar refractivity (Wildman–Crippen MR) is 110 cm³/mol. The molecule has 1 aliphatic rings. The van der Waals surface area contributed by atoms with Crippen LogP contribution in [0.4, 0.5) is 17.1 Å². The van der Waals surface area contributed by atoms with E-state index < -0.39 is 0 Å². The summed E-state index contributed by atoms with van der Waals surface area (Å²) in [5.74, 6) is 0.467. The fraction of sp³-hybridized carbons (Fsp3) is 0.217. The van der Waals surface area contributed by atoms with Crippen LogP contribution in [-0.4, -0.2) is 17.4 Å². The molecule has 1 aromatic heterocycles. The molecule has 0 atom stereocenters. The lowest BCUT2D eigenvalue weighted by Gasteiger charge is -2.17. The van der Waals surface area contributed by atoms with Gasteiger partial charge in [-0.15, -0.1) is 0 Å². The number of amides is 1. The van der Waals surface area contributed by atoms with E-state index in [1.807, 2.05) is 29.2 Å². The maximum Gasteiger partial charge on any atom is 0.276 e. The van der Waals surface area contributed by atoms with Gasteiger partial charge < -0.3 is 10.2 Å². The fourth-order valence-corrected chi connectivity index (χ4v) is 3.40. The molecule has 4 heteroatoms. The van der Waals surface area contributed by atoms with E-state index in [4.69, 9.17) is 0 Å². The second-order valence-corrected chi connectivity index (χ2v) is 7.17. The van der Waals surface area contributed by atoms with Crippen LogP contribution in [-0.2, 0) is 6.42 Å². The minimum Gasteiger partial charge on any atom is -0.354 e. The number of nitrogens with zero attached hydrogens (tertiary/aromatic N) is 2. The summed E-state index contributed by atoms with van der Waals surface area (Å²) in [6.45, 7) is 5.07. The van der Waals surface area contributed by atoms with Crippen LogP contribution >= 0.6 is 0 Å². The fourth-order valence-electron chi connectivity index (χ4n) is 3.40. The first-order chi connectivity index (χ1) is 13.1. The van der Waals surface area contributed by atoms with Gasteiger partial charge in [0.1, 0.15) is 5.69 Å². The first kappa shape index (κ1) is 17.3. The Morgan fingerprint density at radius 1 is 1.00 bits per heavy atom. The number of hydrogen-bond donors (Lipinski definition) is 1. The molecule has 1 amide bonds. The average molecular weight is 357 g/mol. The van der Waals surface area contributed by atoms with Crippen molar-refractivity contribution < 1.29 is 4.79 Å². The Morgan fingerprint density at radius 2 is 1.74 bits per heavy atom. The highest BCUT2D eigenvalue weighted by molar-refractivity contribution is 6.06. The number of carbonyl (C=O) groups excluding carboxylic acids is 1. The van der Waals surface area contributed by atoms with Crippen LogP contribution in [0.25, 0.3) is 0 Å². The van der Waals surface area contributed by atoms with Crippen molar-refractivity contribution in [3.8, 4) is 0 Å². The Morgan fingerprint density at radius 3 is 2.44 bits per heavy atom. The summed E-state index contributed by atoms with van der Waals surface area (Å²) in [5.41, 5.74) is 5.86. The predicted octanol–water partition coefficient (Wildman–Crippen LogP) is 5.15. The maximum absolute atomic E-state index is 12.8. The van der Waals surface area contributed by atoms with E-state index in [0.29, 0.717) is 18.2 Å². The molecule has 1 N–H and O–H groups in total. The van der Waals surface area contributed by atoms with E-state index in [0.717, 1.165) is 23.5 Å². The number of aromatic nitrogens is 1. The second-order valence-electron chi connectivity index (χ2n) is 7.17. The quantitative estimate of drug-likeness (QED) is 0.702. The summed E-state index contributed by atoms with van der Waals surface area (Å²) in [6, 6.07) is 20.1. The highest BCUT2D eigenvalue weighted by atomic mass is 16.2. The van der Waals surface area contributed by atoms with Crippen molar-refractivity contribution in [2.75, 3.05) is 16.8 Å². The third-order valence-electron chi connectivity index (χ3n) is 4.98. The summed E-state index contributed by atoms with van der Waals surface area (Å²) in [5, 5.41) is 3.33. The van der Waals surface area contributed by atoms with Crippen molar-refractivity contribution >= 4 is 23.0 Å². The van der Waals surface area contributed by atoms with Crippen molar-refractivity contribution in [2.45, 2.75) is 26.2 Å². The van der Waals surface area contributed by atoms with Crippen LogP contribution in [0, 0.1) is 0 Å². The van der Waals surface area contributed by atoms with Gasteiger partial charge >= 0.3 is 0 Å². The molecule has 0 fully saturated rings. The number of fused-ring (bicyclic) bond motifs is 1. The largest absolute Gasteiger partial charge is 0.354 e. The van der Waals surface area contributed by atoms with Crippen LogP contribution in [0.15, 0.2) is 66.9 Å². The van der Waals surface area contributed by atoms with Gasteiger partial charge in [-0.3, -0.25) is 4.79 Å². The number of carbonyl (C=O) groups is 1. The van der Waals surface area contributed by atoms with Gasteiger partial charge in [-0.2, -0.15) is 0 Å². The number of hydrogen-bond acceptors (Lipinski definition) is 3. The number of nitrogens with one attached hydrogen (secondary N) is 1. The molecule has 0 spiro atoms. The third kappa shape index (κ3) is 3.56. The second kappa shape index (κ2) is 7.23. The maximum atomic E-state index is 12.8. The molecular weight excluding hydrogens is 334 g/mol. The van der Waals surface area contributed by atoms with Crippen LogP contribution in [0.5, 0.6) is 0 Å². The molecule has 0 bridgehead atoms. The number of para-hydroxylation sites is 1. The summed E-state index contributed by atoms with van der Waals surface area (Å²) >= 11 is 0. The summed E-state index contributed by atoms with van der Waals surface area (Å²) in [4.78, 5) is 19.0. The van der Waals surface area contributed by atoms with E-state index in [-0.39, 0.29) is 5.91 Å². The Balaban J connectivity index is 1.47. The van der Waals surface area contributed by atoms with E-state index in [2.05, 4.69) is 54.5 Å². The van der Waals surface area contributed by atoms with Gasteiger partial charge in [-0.25, -0.2) is 4.98 Å². The molecular formula is C23H23N3O. The Bertz CT molecular complexity index is 946. The summed E-state index contributed by atoms with van der Waals surface area (Å²) in [6.07, 6.45) is 2.61. The van der Waals surface area contributed by atoms with Crippen LogP contribution < -0.4 is 10.2 Å². The third-order valence-corrected chi connectivity index (χ3v) is 4.98. The van der Waals surface area contributed by atoms with Gasteiger partial charge in [0, 0.05) is 17.9 Å². The zero-order valence-electron chi connectivity index (χ0n) is 15.6. The number of rotatable bonds is 4. The van der Waals surface area contributed by atoms with E-state index in [9.17, 15) is 4.79 Å². The molecule has 3 aromatic rings. The number of pyridine rings is 1. The van der Waals surface area contributed by atoms with Gasteiger partial charge in [0.05, 0.1) is 11.9 Å². The van der Waals surface area contributed by atoms with Crippen molar-refractivity contribution in [2.24, 2.45) is 0 Å². The molecule has 0 saturated carbocycles. The lowest BCUT2D eigenvalue weighted by molar-refractivity contribution is 0.0984. The normalized spacial score (nSPS) is 12.9. The molecule has 0 aliphatic carbocycles. The first-order valence-electron chi connectivity index (χ1n) is 9.34. The summed E-state index contributed by atoms with van der Waals surface area (Å²) < 4.78 is 0. The highest BCUT2D eigenvalue weighted by Gasteiger charge is 2.25. The smallest absolute Gasteiger partial charge is 0.276 e. The average Bonchev–Trinajstić information content (AvgIpc) is 3.12. The molecule has 0 saturated heterocycles. The molecule has 136 valence electrons. The van der Waals surface area contributed by atoms with Crippen molar-refractivity contribution in [1.29, 1.82) is 0 Å². The van der Waals surface area contributed by atoms with Crippen molar-refractivity contribution in [3.05, 3.63) is 83.7 Å². The van der Waals surface area contributed by atoms with Crippen LogP contribution in [0.3, 0.4) is 0 Å². The molecule has 1 aliphatic heterocycles. The van der Waals surface area contributed by atoms with Gasteiger partial charge in [0.25, 0.3) is 5.91 Å². The van der Waals surface area contributed by atoms with Gasteiger partial charge in [-0.1, -0.05) is 44.2 Å². The van der Waals surface area contributed by atoms with E-state index in [1.54, 1.807) is 12.3 Å². The Hall–Kier alpha value is -3.14. The van der Waals surface area contributed by atoms with Gasteiger partial charge in [0.2, 0.25) is 0 Å². The van der Waals surface area contributed by atoms with E-state index >= 15 is 0 Å². The van der Waals surface area contributed by atoms with Crippen LogP contribution in [0.2, 0.25) is 0 Å². The van der Waals surface area contributed by atoms with Gasteiger partial charge in [-0.05, 0) is 53.8 Å². The highest BCUT2D eigenvalue weighted by Crippen LogP contribution is 2.28. The molecule has 0 unspecified atom stereocenters. The minimum absolute atomic E-state index is 0.0483. The standard InChI is InChI=1S/C23H23N3O/c1-16(2)17-7-9-19(10-8-17)25-20-11-12-21(24-15-20)23(27)26-14-13-18-5-3-4-6-22(18)26/h3-12,15-16,25H,13-14H2,1-2H3. The summed E-state index contributed by atoms with van der Waals surface area (Å²) in [7, 11) is 0. The lowest BCUT2D eigenvalue weighted by atomic mass is 10.0. The monoisotopic (exact) mass is 357 g/mol. The Kier molecular flexibility index (Phi) is 4.63. The van der Waals surface area contributed by atoms with E-state index in [1.165, 1.54) is 11.1 Å². The molecule has 2 heterocycles. The van der Waals surface area contributed by atoms with Crippen LogP contribution in [0.1, 0.15) is 41.4 Å². The zero-order chi connectivity index (χ0) is 18.8. The number of benzene rings is 2. The molecule has 2 aromatic carbocycles. The first-order valence-corrected chi connectivity index (χ1v) is 9.34. The van der Waals surface area contributed by atoms with Crippen molar-refractivity contribution in [1.82, 2.24) is 4.98 Å². The SMILES string of the molecule is CC(C)c1ccc(Nc2ccc(C(=O)N3CCc4ccccc43)nc2)cc1. The Labute approximate surface area is 159 Å². The molecule has 0 radical (unpaired) electrons. The topological polar surface area (TPSA) is 45.2 Å². The molecule has 27 heavy (non-hydrogen) atoms.